The van der Waals surface area contributed by atoms with Crippen molar-refractivity contribution in [3.63, 3.8) is 0 Å². The number of rotatable bonds is 1. The zero-order chi connectivity index (χ0) is 13.1. The van der Waals surface area contributed by atoms with Crippen LogP contribution in [0.15, 0.2) is 11.5 Å². The van der Waals surface area contributed by atoms with E-state index in [2.05, 4.69) is 54.5 Å². The molecule has 0 aromatic rings. The van der Waals surface area contributed by atoms with Crippen molar-refractivity contribution in [3.8, 4) is 0 Å². The zero-order valence-electron chi connectivity index (χ0n) is 12.3. The van der Waals surface area contributed by atoms with Gasteiger partial charge in [-0.15, -0.1) is 0 Å². The van der Waals surface area contributed by atoms with Gasteiger partial charge in [0.05, 0.1) is 11.2 Å². The Balaban J connectivity index is 2.23. The molecule has 0 aromatic carbocycles. The smallest absolute Gasteiger partial charge is 0.400 e. The topological polar surface area (TPSA) is 18.5 Å². The van der Waals surface area contributed by atoms with Crippen molar-refractivity contribution in [1.29, 1.82) is 0 Å². The van der Waals surface area contributed by atoms with Gasteiger partial charge in [-0.1, -0.05) is 26.8 Å². The van der Waals surface area contributed by atoms with Gasteiger partial charge in [-0.2, -0.15) is 0 Å². The molecular weight excluding hydrogens is 211 g/mol. The van der Waals surface area contributed by atoms with E-state index in [-0.39, 0.29) is 23.7 Å². The summed E-state index contributed by atoms with van der Waals surface area (Å²) in [5.74, 6) is 0.663. The molecule has 3 heteroatoms. The summed E-state index contributed by atoms with van der Waals surface area (Å²) in [7, 11) is -0.167. The summed E-state index contributed by atoms with van der Waals surface area (Å²) in [6, 6.07) is 0. The van der Waals surface area contributed by atoms with Gasteiger partial charge in [-0.05, 0) is 50.9 Å². The molecule has 1 heterocycles. The molecule has 1 aliphatic heterocycles. The molecule has 1 fully saturated rings. The fourth-order valence-electron chi connectivity index (χ4n) is 2.52. The van der Waals surface area contributed by atoms with Crippen molar-refractivity contribution in [2.24, 2.45) is 11.3 Å². The maximum Gasteiger partial charge on any atom is 0.490 e. The summed E-state index contributed by atoms with van der Waals surface area (Å²) < 4.78 is 12.3. The highest BCUT2D eigenvalue weighted by molar-refractivity contribution is 6.55. The minimum Gasteiger partial charge on any atom is -0.400 e. The molecule has 0 bridgehead atoms. The van der Waals surface area contributed by atoms with Crippen molar-refractivity contribution in [2.45, 2.75) is 66.1 Å². The Kier molecular flexibility index (Phi) is 2.80. The van der Waals surface area contributed by atoms with E-state index in [0.29, 0.717) is 5.92 Å². The van der Waals surface area contributed by atoms with Crippen LogP contribution in [0.25, 0.3) is 0 Å². The van der Waals surface area contributed by atoms with Gasteiger partial charge in [0, 0.05) is 0 Å². The van der Waals surface area contributed by atoms with Crippen LogP contribution < -0.4 is 0 Å². The maximum absolute atomic E-state index is 6.14. The van der Waals surface area contributed by atoms with E-state index >= 15 is 0 Å². The van der Waals surface area contributed by atoms with Gasteiger partial charge < -0.3 is 9.31 Å². The second-order valence-electron chi connectivity index (χ2n) is 7.11. The van der Waals surface area contributed by atoms with E-state index in [0.717, 1.165) is 6.42 Å². The quantitative estimate of drug-likeness (QED) is 0.647. The maximum atomic E-state index is 6.14. The van der Waals surface area contributed by atoms with Crippen LogP contribution in [-0.2, 0) is 9.31 Å². The molecule has 1 unspecified atom stereocenters. The van der Waals surface area contributed by atoms with Crippen molar-refractivity contribution >= 4 is 7.12 Å². The first kappa shape index (κ1) is 13.2. The molecular formula is C14H25BO2. The van der Waals surface area contributed by atoms with Gasteiger partial charge in [0.1, 0.15) is 0 Å². The Morgan fingerprint density at radius 2 is 1.53 bits per heavy atom. The second-order valence-corrected chi connectivity index (χ2v) is 7.11. The average molecular weight is 236 g/mol. The number of hydrogen-bond donors (Lipinski definition) is 0. The monoisotopic (exact) mass is 236 g/mol. The van der Waals surface area contributed by atoms with Crippen LogP contribution in [0.1, 0.15) is 54.9 Å². The van der Waals surface area contributed by atoms with Crippen molar-refractivity contribution < 1.29 is 9.31 Å². The van der Waals surface area contributed by atoms with Crippen molar-refractivity contribution in [3.05, 3.63) is 11.5 Å². The van der Waals surface area contributed by atoms with Gasteiger partial charge in [-0.25, -0.2) is 0 Å². The predicted octanol–water partition coefficient (Wildman–Crippen LogP) is 3.61. The summed E-state index contributed by atoms with van der Waals surface area (Å²) in [5, 5.41) is 0. The molecule has 2 rings (SSSR count). The molecule has 0 spiro atoms. The molecule has 1 atom stereocenters. The van der Waals surface area contributed by atoms with Crippen LogP contribution in [0, 0.1) is 11.3 Å². The standard InChI is InChI=1S/C14H25BO2/c1-10-8-9-11(12(10,2)3)15-16-13(4,5)14(6,7)17-15/h9-10H,8H2,1-7H3. The molecule has 0 saturated carbocycles. The lowest BCUT2D eigenvalue weighted by atomic mass is 9.63. The Morgan fingerprint density at radius 3 is 1.88 bits per heavy atom. The summed E-state index contributed by atoms with van der Waals surface area (Å²) in [4.78, 5) is 0. The lowest BCUT2D eigenvalue weighted by Gasteiger charge is -2.32. The Morgan fingerprint density at radius 1 is 1.06 bits per heavy atom. The summed E-state index contributed by atoms with van der Waals surface area (Å²) in [6.45, 7) is 15.3. The fraction of sp³-hybridized carbons (Fsp3) is 0.857. The third-order valence-electron chi connectivity index (χ3n) is 5.17. The largest absolute Gasteiger partial charge is 0.490 e. The second kappa shape index (κ2) is 3.61. The highest BCUT2D eigenvalue weighted by Crippen LogP contribution is 2.48. The molecule has 0 radical (unpaired) electrons. The minimum atomic E-state index is -0.236. The van der Waals surface area contributed by atoms with E-state index in [1.54, 1.807) is 0 Å². The average Bonchev–Trinajstić information content (AvgIpc) is 2.50. The first-order valence-electron chi connectivity index (χ1n) is 6.64. The first-order chi connectivity index (χ1) is 7.58. The van der Waals surface area contributed by atoms with Crippen molar-refractivity contribution in [1.82, 2.24) is 0 Å². The highest BCUT2D eigenvalue weighted by Gasteiger charge is 2.55. The molecule has 0 amide bonds. The minimum absolute atomic E-state index is 0.167. The lowest BCUT2D eigenvalue weighted by molar-refractivity contribution is 0.00578. The van der Waals surface area contributed by atoms with Gasteiger partial charge in [0.15, 0.2) is 0 Å². The first-order valence-corrected chi connectivity index (χ1v) is 6.64. The van der Waals surface area contributed by atoms with E-state index in [1.165, 1.54) is 5.47 Å². The van der Waals surface area contributed by atoms with E-state index in [1.807, 2.05) is 0 Å². The van der Waals surface area contributed by atoms with Crippen LogP contribution in [0.5, 0.6) is 0 Å². The van der Waals surface area contributed by atoms with E-state index < -0.39 is 0 Å². The molecule has 1 saturated heterocycles. The molecule has 96 valence electrons. The molecule has 2 aliphatic rings. The molecule has 2 nitrogen and oxygen atoms in total. The predicted molar refractivity (Wildman–Crippen MR) is 71.7 cm³/mol. The van der Waals surface area contributed by atoms with Gasteiger partial charge in [-0.3, -0.25) is 0 Å². The normalized spacial score (nSPS) is 33.9. The van der Waals surface area contributed by atoms with Crippen molar-refractivity contribution in [2.75, 3.05) is 0 Å². The lowest BCUT2D eigenvalue weighted by Crippen LogP contribution is -2.41. The SMILES string of the molecule is CC1CC=C(B2OC(C)(C)C(C)(C)O2)C1(C)C. The Bertz CT molecular complexity index is 339. The van der Waals surface area contributed by atoms with Crippen LogP contribution in [0.4, 0.5) is 0 Å². The highest BCUT2D eigenvalue weighted by atomic mass is 16.7. The Labute approximate surface area is 106 Å². The van der Waals surface area contributed by atoms with Gasteiger partial charge in [0.25, 0.3) is 0 Å². The third kappa shape index (κ3) is 1.88. The molecule has 1 aliphatic carbocycles. The summed E-state index contributed by atoms with van der Waals surface area (Å²) in [5.41, 5.74) is 1.03. The van der Waals surface area contributed by atoms with Gasteiger partial charge in [0.2, 0.25) is 0 Å². The third-order valence-corrected chi connectivity index (χ3v) is 5.17. The Hall–Kier alpha value is -0.275. The van der Waals surface area contributed by atoms with E-state index in [9.17, 15) is 0 Å². The summed E-state index contributed by atoms with van der Waals surface area (Å²) >= 11 is 0. The van der Waals surface area contributed by atoms with Gasteiger partial charge >= 0.3 is 7.12 Å². The number of hydrogen-bond acceptors (Lipinski definition) is 2. The van der Waals surface area contributed by atoms with E-state index in [4.69, 9.17) is 9.31 Å². The zero-order valence-corrected chi connectivity index (χ0v) is 12.3. The molecule has 17 heavy (non-hydrogen) atoms. The molecule has 0 aromatic heterocycles. The van der Waals surface area contributed by atoms with Crippen LogP contribution >= 0.6 is 0 Å². The molecule has 0 N–H and O–H groups in total. The van der Waals surface area contributed by atoms with Crippen LogP contribution in [0.3, 0.4) is 0 Å². The number of allylic oxidation sites excluding steroid dienone is 2. The van der Waals surface area contributed by atoms with Crippen LogP contribution in [0.2, 0.25) is 0 Å². The summed E-state index contributed by atoms with van der Waals surface area (Å²) in [6.07, 6.45) is 3.44. The van der Waals surface area contributed by atoms with Crippen LogP contribution in [-0.4, -0.2) is 18.3 Å². The fourth-order valence-corrected chi connectivity index (χ4v) is 2.52.